The number of rotatable bonds is 7. The Hall–Kier alpha value is -1.11. The summed E-state index contributed by atoms with van der Waals surface area (Å²) in [5, 5.41) is 17.7. The minimum atomic E-state index is -0.323. The van der Waals surface area contributed by atoms with Crippen molar-refractivity contribution >= 4 is 0 Å². The van der Waals surface area contributed by atoms with Gasteiger partial charge in [-0.25, -0.2) is 4.68 Å². The van der Waals surface area contributed by atoms with Crippen molar-refractivity contribution in [1.82, 2.24) is 20.0 Å². The average Bonchev–Trinajstić information content (AvgIpc) is 2.98. The maximum atomic E-state index is 10.0. The fraction of sp³-hybridized carbons (Fsp3) is 0.786. The van der Waals surface area contributed by atoms with Crippen LogP contribution in [0.5, 0.6) is 5.88 Å². The molecule has 0 aromatic carbocycles. The van der Waals surface area contributed by atoms with E-state index in [1.807, 2.05) is 14.0 Å². The second kappa shape index (κ2) is 7.06. The third-order valence-corrected chi connectivity index (χ3v) is 3.83. The standard InChI is InChI=1S/C14H26N4O2/c1-11-13(14(20-3)17(2)16-11)9-15-8-12(19)10-18-6-4-5-7-18/h12,15,19H,4-10H2,1-3H3. The molecule has 0 spiro atoms. The van der Waals surface area contributed by atoms with Crippen LogP contribution in [-0.2, 0) is 13.6 Å². The van der Waals surface area contributed by atoms with Crippen molar-refractivity contribution < 1.29 is 9.84 Å². The maximum absolute atomic E-state index is 10.0. The Kier molecular flexibility index (Phi) is 5.39. The van der Waals surface area contributed by atoms with Gasteiger partial charge in [0.2, 0.25) is 5.88 Å². The Morgan fingerprint density at radius 2 is 2.10 bits per heavy atom. The largest absolute Gasteiger partial charge is 0.481 e. The molecule has 2 N–H and O–H groups in total. The number of methoxy groups -OCH3 is 1. The first-order valence-corrected chi connectivity index (χ1v) is 7.29. The van der Waals surface area contributed by atoms with Crippen LogP contribution in [-0.4, -0.2) is 59.2 Å². The lowest BCUT2D eigenvalue weighted by Gasteiger charge is -2.19. The molecule has 1 aliphatic heterocycles. The maximum Gasteiger partial charge on any atom is 0.216 e. The van der Waals surface area contributed by atoms with Crippen molar-refractivity contribution in [3.8, 4) is 5.88 Å². The Morgan fingerprint density at radius 3 is 2.75 bits per heavy atom. The molecular formula is C14H26N4O2. The van der Waals surface area contributed by atoms with Gasteiger partial charge in [0.05, 0.1) is 24.5 Å². The van der Waals surface area contributed by atoms with Gasteiger partial charge >= 0.3 is 0 Å². The summed E-state index contributed by atoms with van der Waals surface area (Å²) < 4.78 is 7.09. The van der Waals surface area contributed by atoms with Gasteiger partial charge in [-0.05, 0) is 32.9 Å². The number of aliphatic hydroxyl groups excluding tert-OH is 1. The van der Waals surface area contributed by atoms with Crippen LogP contribution in [0.2, 0.25) is 0 Å². The molecule has 0 saturated carbocycles. The van der Waals surface area contributed by atoms with Gasteiger partial charge in [0, 0.05) is 26.7 Å². The van der Waals surface area contributed by atoms with Crippen LogP contribution < -0.4 is 10.1 Å². The molecule has 1 aromatic rings. The summed E-state index contributed by atoms with van der Waals surface area (Å²) in [6.45, 7) is 6.23. The van der Waals surface area contributed by atoms with Gasteiger partial charge in [-0.3, -0.25) is 0 Å². The smallest absolute Gasteiger partial charge is 0.216 e. The topological polar surface area (TPSA) is 62.5 Å². The first-order valence-electron chi connectivity index (χ1n) is 7.29. The minimum Gasteiger partial charge on any atom is -0.481 e. The molecule has 1 unspecified atom stereocenters. The van der Waals surface area contributed by atoms with Crippen molar-refractivity contribution in [1.29, 1.82) is 0 Å². The minimum absolute atomic E-state index is 0.323. The lowest BCUT2D eigenvalue weighted by Crippen LogP contribution is -2.36. The highest BCUT2D eigenvalue weighted by Crippen LogP contribution is 2.20. The highest BCUT2D eigenvalue weighted by Gasteiger charge is 2.17. The van der Waals surface area contributed by atoms with E-state index in [1.165, 1.54) is 12.8 Å². The summed E-state index contributed by atoms with van der Waals surface area (Å²) in [5.41, 5.74) is 2.02. The molecule has 1 aromatic heterocycles. The third kappa shape index (κ3) is 3.71. The van der Waals surface area contributed by atoms with Crippen LogP contribution in [0.3, 0.4) is 0 Å². The van der Waals surface area contributed by atoms with Crippen LogP contribution in [0.25, 0.3) is 0 Å². The first kappa shape index (κ1) is 15.3. The fourth-order valence-corrected chi connectivity index (χ4v) is 2.83. The van der Waals surface area contributed by atoms with E-state index in [4.69, 9.17) is 4.74 Å². The SMILES string of the molecule is COc1c(CNCC(O)CN2CCCC2)c(C)nn1C. The van der Waals surface area contributed by atoms with Crippen molar-refractivity contribution in [2.75, 3.05) is 33.3 Å². The summed E-state index contributed by atoms with van der Waals surface area (Å²) in [7, 11) is 3.53. The van der Waals surface area contributed by atoms with E-state index in [9.17, 15) is 5.11 Å². The Bertz CT molecular complexity index is 427. The van der Waals surface area contributed by atoms with Gasteiger partial charge in [0.15, 0.2) is 0 Å². The fourth-order valence-electron chi connectivity index (χ4n) is 2.83. The van der Waals surface area contributed by atoms with Crippen LogP contribution in [0.4, 0.5) is 0 Å². The van der Waals surface area contributed by atoms with Gasteiger partial charge < -0.3 is 20.1 Å². The molecule has 0 amide bonds. The molecule has 0 aliphatic carbocycles. The van der Waals surface area contributed by atoms with E-state index in [-0.39, 0.29) is 6.10 Å². The third-order valence-electron chi connectivity index (χ3n) is 3.83. The second-order valence-corrected chi connectivity index (χ2v) is 5.49. The Morgan fingerprint density at radius 1 is 1.40 bits per heavy atom. The Labute approximate surface area is 120 Å². The summed E-state index contributed by atoms with van der Waals surface area (Å²) in [6, 6.07) is 0. The van der Waals surface area contributed by atoms with E-state index in [0.717, 1.165) is 36.8 Å². The number of hydrogen-bond donors (Lipinski definition) is 2. The summed E-state index contributed by atoms with van der Waals surface area (Å²) in [6.07, 6.45) is 2.19. The van der Waals surface area contributed by atoms with Crippen LogP contribution in [0.15, 0.2) is 0 Å². The quantitative estimate of drug-likeness (QED) is 0.752. The number of nitrogens with one attached hydrogen (secondary N) is 1. The number of likely N-dealkylation sites (tertiary alicyclic amines) is 1. The lowest BCUT2D eigenvalue weighted by atomic mass is 10.2. The summed E-state index contributed by atoms with van der Waals surface area (Å²) in [5.74, 6) is 0.782. The highest BCUT2D eigenvalue weighted by atomic mass is 16.5. The van der Waals surface area contributed by atoms with Crippen LogP contribution in [0, 0.1) is 6.92 Å². The number of β-amino-alcohol motifs (C(OH)–C–C–N with tert-alkyl or cyclic N) is 1. The second-order valence-electron chi connectivity index (χ2n) is 5.49. The van der Waals surface area contributed by atoms with E-state index in [1.54, 1.807) is 11.8 Å². The zero-order valence-electron chi connectivity index (χ0n) is 12.7. The average molecular weight is 282 g/mol. The first-order chi connectivity index (χ1) is 9.61. The molecule has 0 bridgehead atoms. The van der Waals surface area contributed by atoms with Crippen molar-refractivity contribution in [2.45, 2.75) is 32.4 Å². The van der Waals surface area contributed by atoms with Crippen molar-refractivity contribution in [3.05, 3.63) is 11.3 Å². The predicted octanol–water partition coefficient (Wildman–Crippen LogP) is 0.283. The summed E-state index contributed by atoms with van der Waals surface area (Å²) >= 11 is 0. The molecule has 6 heteroatoms. The van der Waals surface area contributed by atoms with Crippen molar-refractivity contribution in [3.63, 3.8) is 0 Å². The van der Waals surface area contributed by atoms with E-state index in [0.29, 0.717) is 13.1 Å². The number of ether oxygens (including phenoxy) is 1. The van der Waals surface area contributed by atoms with Gasteiger partial charge in [0.25, 0.3) is 0 Å². The molecule has 6 nitrogen and oxygen atoms in total. The van der Waals surface area contributed by atoms with Gasteiger partial charge in [-0.1, -0.05) is 0 Å². The predicted molar refractivity (Wildman–Crippen MR) is 77.9 cm³/mol. The lowest BCUT2D eigenvalue weighted by molar-refractivity contribution is 0.123. The molecule has 0 radical (unpaired) electrons. The zero-order chi connectivity index (χ0) is 14.5. The van der Waals surface area contributed by atoms with Crippen molar-refractivity contribution in [2.24, 2.45) is 7.05 Å². The molecule has 1 aliphatic rings. The molecule has 2 heterocycles. The normalized spacial score (nSPS) is 17.6. The zero-order valence-corrected chi connectivity index (χ0v) is 12.7. The highest BCUT2D eigenvalue weighted by molar-refractivity contribution is 5.30. The van der Waals surface area contributed by atoms with Crippen LogP contribution >= 0.6 is 0 Å². The number of nitrogens with zero attached hydrogens (tertiary/aromatic N) is 3. The van der Waals surface area contributed by atoms with E-state index >= 15 is 0 Å². The van der Waals surface area contributed by atoms with Crippen LogP contribution in [0.1, 0.15) is 24.1 Å². The number of hydrogen-bond acceptors (Lipinski definition) is 5. The van der Waals surface area contributed by atoms with E-state index < -0.39 is 0 Å². The van der Waals surface area contributed by atoms with Gasteiger partial charge in [0.1, 0.15) is 0 Å². The molecule has 20 heavy (non-hydrogen) atoms. The number of aryl methyl sites for hydroxylation is 2. The van der Waals surface area contributed by atoms with Gasteiger partial charge in [-0.15, -0.1) is 0 Å². The molecule has 114 valence electrons. The molecule has 1 fully saturated rings. The number of aromatic nitrogens is 2. The van der Waals surface area contributed by atoms with E-state index in [2.05, 4.69) is 15.3 Å². The monoisotopic (exact) mass is 282 g/mol. The number of aliphatic hydroxyl groups is 1. The van der Waals surface area contributed by atoms with Gasteiger partial charge in [-0.2, -0.15) is 5.10 Å². The molecule has 1 atom stereocenters. The Balaban J connectivity index is 1.77. The summed E-state index contributed by atoms with van der Waals surface area (Å²) in [4.78, 5) is 2.32. The molecule has 2 rings (SSSR count). The molecule has 1 saturated heterocycles. The molecular weight excluding hydrogens is 256 g/mol.